The number of nitrogens with zero attached hydrogens (tertiary/aromatic N) is 2. The highest BCUT2D eigenvalue weighted by molar-refractivity contribution is 5.85. The normalized spacial score (nSPS) is 24.4. The van der Waals surface area contributed by atoms with Gasteiger partial charge in [-0.2, -0.15) is 0 Å². The van der Waals surface area contributed by atoms with Crippen molar-refractivity contribution < 1.29 is 18.4 Å². The number of amides is 2. The van der Waals surface area contributed by atoms with Crippen LogP contribution in [0.4, 0.5) is 8.78 Å². The summed E-state index contributed by atoms with van der Waals surface area (Å²) in [6.45, 7) is 2.84. The molecule has 1 aromatic rings. The molecule has 6 nitrogen and oxygen atoms in total. The van der Waals surface area contributed by atoms with Crippen molar-refractivity contribution in [3.05, 3.63) is 35.4 Å². The summed E-state index contributed by atoms with van der Waals surface area (Å²) in [7, 11) is 3.93. The van der Waals surface area contributed by atoms with Crippen LogP contribution in [0.5, 0.6) is 0 Å². The van der Waals surface area contributed by atoms with Gasteiger partial charge >= 0.3 is 0 Å². The summed E-state index contributed by atoms with van der Waals surface area (Å²) in [4.78, 5) is 29.5. The number of hydrogen-bond donors (Lipinski definition) is 2. The molecule has 0 aromatic heterocycles. The highest BCUT2D eigenvalue weighted by Gasteiger charge is 2.28. The van der Waals surface area contributed by atoms with Crippen molar-refractivity contribution in [3.63, 3.8) is 0 Å². The van der Waals surface area contributed by atoms with Gasteiger partial charge in [0.1, 0.15) is 11.6 Å². The average molecular weight is 437 g/mol. The van der Waals surface area contributed by atoms with Crippen molar-refractivity contribution in [2.24, 2.45) is 5.92 Å². The van der Waals surface area contributed by atoms with Crippen molar-refractivity contribution in [1.29, 1.82) is 0 Å². The Balaban J connectivity index is 1.54. The molecular weight excluding hydrogens is 402 g/mol. The number of nitrogens with one attached hydrogen (secondary N) is 2. The third-order valence-corrected chi connectivity index (χ3v) is 6.40. The second-order valence-electron chi connectivity index (χ2n) is 9.04. The van der Waals surface area contributed by atoms with Gasteiger partial charge in [-0.1, -0.05) is 6.42 Å². The van der Waals surface area contributed by atoms with Crippen molar-refractivity contribution >= 4 is 11.8 Å². The molecular formula is C23H34F2N4O2. The van der Waals surface area contributed by atoms with Gasteiger partial charge in [-0.15, -0.1) is 0 Å². The third-order valence-electron chi connectivity index (χ3n) is 6.40. The lowest BCUT2D eigenvalue weighted by Gasteiger charge is -2.34. The average Bonchev–Trinajstić information content (AvgIpc) is 2.77. The summed E-state index contributed by atoms with van der Waals surface area (Å²) in [6.07, 6.45) is 4.74. The maximum Gasteiger partial charge on any atom is 0.223 e. The lowest BCUT2D eigenvalue weighted by molar-refractivity contribution is -0.135. The summed E-state index contributed by atoms with van der Waals surface area (Å²) < 4.78 is 26.7. The van der Waals surface area contributed by atoms with Crippen molar-refractivity contribution in [1.82, 2.24) is 20.4 Å². The molecule has 2 aliphatic heterocycles. The molecule has 0 radical (unpaired) electrons. The van der Waals surface area contributed by atoms with E-state index < -0.39 is 17.6 Å². The number of halogens is 2. The molecule has 2 amide bonds. The van der Waals surface area contributed by atoms with Gasteiger partial charge in [-0.25, -0.2) is 8.78 Å². The smallest absolute Gasteiger partial charge is 0.223 e. The standard InChI is InChI=1S/C23H34F2N4O2/c1-28-8-6-20(7-9-28)27-21-5-3-4-17(12-22(30)29(2)15-21)23(31)26-14-16-10-18(24)13-19(25)11-16/h10-11,13,17,20-21,27H,3-9,12,14-15H2,1-2H3,(H,26,31). The molecule has 2 unspecified atom stereocenters. The quantitative estimate of drug-likeness (QED) is 0.744. The van der Waals surface area contributed by atoms with E-state index in [9.17, 15) is 18.4 Å². The van der Waals surface area contributed by atoms with Gasteiger partial charge in [0.15, 0.2) is 0 Å². The largest absolute Gasteiger partial charge is 0.352 e. The van der Waals surface area contributed by atoms with Gasteiger partial charge in [0, 0.05) is 50.6 Å². The summed E-state index contributed by atoms with van der Waals surface area (Å²) in [6, 6.07) is 3.89. The van der Waals surface area contributed by atoms with Crippen LogP contribution < -0.4 is 10.6 Å². The minimum absolute atomic E-state index is 0.0361. The molecule has 31 heavy (non-hydrogen) atoms. The van der Waals surface area contributed by atoms with E-state index in [2.05, 4.69) is 22.6 Å². The maximum absolute atomic E-state index is 13.4. The van der Waals surface area contributed by atoms with E-state index in [0.717, 1.165) is 44.8 Å². The Morgan fingerprint density at radius 1 is 1.03 bits per heavy atom. The topological polar surface area (TPSA) is 64.7 Å². The third kappa shape index (κ3) is 7.25. The fraction of sp³-hybridized carbons (Fsp3) is 0.652. The van der Waals surface area contributed by atoms with E-state index in [1.165, 1.54) is 12.1 Å². The van der Waals surface area contributed by atoms with E-state index in [1.54, 1.807) is 11.9 Å². The fourth-order valence-corrected chi connectivity index (χ4v) is 4.52. The van der Waals surface area contributed by atoms with Crippen LogP contribution in [-0.2, 0) is 16.1 Å². The van der Waals surface area contributed by atoms with Crippen molar-refractivity contribution in [3.8, 4) is 0 Å². The maximum atomic E-state index is 13.4. The van der Waals surface area contributed by atoms with Crippen LogP contribution in [-0.4, -0.2) is 67.4 Å². The molecule has 8 heteroatoms. The first kappa shape index (κ1) is 23.6. The molecule has 0 spiro atoms. The van der Waals surface area contributed by atoms with Gasteiger partial charge in [0.25, 0.3) is 0 Å². The van der Waals surface area contributed by atoms with E-state index in [1.807, 2.05) is 0 Å². The Kier molecular flexibility index (Phi) is 8.37. The number of rotatable bonds is 5. The number of piperidine rings is 1. The molecule has 2 saturated heterocycles. The van der Waals surface area contributed by atoms with E-state index >= 15 is 0 Å². The van der Waals surface area contributed by atoms with Crippen LogP contribution in [0.3, 0.4) is 0 Å². The molecule has 2 atom stereocenters. The molecule has 2 N–H and O–H groups in total. The predicted molar refractivity (Wildman–Crippen MR) is 115 cm³/mol. The van der Waals surface area contributed by atoms with Crippen LogP contribution >= 0.6 is 0 Å². The summed E-state index contributed by atoms with van der Waals surface area (Å²) in [5.74, 6) is -2.07. The Morgan fingerprint density at radius 3 is 2.39 bits per heavy atom. The van der Waals surface area contributed by atoms with Gasteiger partial charge in [-0.3, -0.25) is 9.59 Å². The molecule has 3 rings (SSSR count). The zero-order valence-electron chi connectivity index (χ0n) is 18.5. The monoisotopic (exact) mass is 436 g/mol. The Morgan fingerprint density at radius 2 is 1.71 bits per heavy atom. The van der Waals surface area contributed by atoms with E-state index in [4.69, 9.17) is 0 Å². The lowest BCUT2D eigenvalue weighted by Crippen LogP contribution is -2.49. The first-order valence-corrected chi connectivity index (χ1v) is 11.2. The SMILES string of the molecule is CN1CCC(NC2CCCC(C(=O)NCc3cc(F)cc(F)c3)CC(=O)N(C)C2)CC1. The van der Waals surface area contributed by atoms with E-state index in [0.29, 0.717) is 24.6 Å². The Hall–Kier alpha value is -2.06. The summed E-state index contributed by atoms with van der Waals surface area (Å²) >= 11 is 0. The summed E-state index contributed by atoms with van der Waals surface area (Å²) in [5, 5.41) is 6.48. The summed E-state index contributed by atoms with van der Waals surface area (Å²) in [5.41, 5.74) is 0.361. The molecule has 2 fully saturated rings. The van der Waals surface area contributed by atoms with Crippen LogP contribution in [0.1, 0.15) is 44.1 Å². The second kappa shape index (κ2) is 11.0. The zero-order chi connectivity index (χ0) is 22.4. The minimum atomic E-state index is -0.674. The molecule has 0 aliphatic carbocycles. The highest BCUT2D eigenvalue weighted by atomic mass is 19.1. The number of benzene rings is 1. The number of carbonyl (C=O) groups excluding carboxylic acids is 2. The Bertz CT molecular complexity index is 748. The Labute approximate surface area is 183 Å². The number of likely N-dealkylation sites (tertiary alicyclic amines) is 1. The molecule has 1 aromatic carbocycles. The second-order valence-corrected chi connectivity index (χ2v) is 9.04. The van der Waals surface area contributed by atoms with Gasteiger partial charge in [0.05, 0.1) is 0 Å². The van der Waals surface area contributed by atoms with Crippen molar-refractivity contribution in [2.45, 2.75) is 57.2 Å². The van der Waals surface area contributed by atoms with Crippen LogP contribution in [0, 0.1) is 17.6 Å². The zero-order valence-corrected chi connectivity index (χ0v) is 18.5. The van der Waals surface area contributed by atoms with Gasteiger partial charge < -0.3 is 20.4 Å². The van der Waals surface area contributed by atoms with Crippen LogP contribution in [0.2, 0.25) is 0 Å². The molecule has 2 heterocycles. The minimum Gasteiger partial charge on any atom is -0.352 e. The fourth-order valence-electron chi connectivity index (χ4n) is 4.52. The molecule has 0 saturated carbocycles. The van der Waals surface area contributed by atoms with Crippen molar-refractivity contribution in [2.75, 3.05) is 33.7 Å². The van der Waals surface area contributed by atoms with Crippen LogP contribution in [0.25, 0.3) is 0 Å². The highest BCUT2D eigenvalue weighted by Crippen LogP contribution is 2.20. The van der Waals surface area contributed by atoms with Gasteiger partial charge in [0.2, 0.25) is 11.8 Å². The molecule has 2 aliphatic rings. The molecule has 172 valence electrons. The molecule has 0 bridgehead atoms. The van der Waals surface area contributed by atoms with Crippen LogP contribution in [0.15, 0.2) is 18.2 Å². The lowest BCUT2D eigenvalue weighted by atomic mass is 9.95. The van der Waals surface area contributed by atoms with E-state index in [-0.39, 0.29) is 30.8 Å². The number of carbonyl (C=O) groups is 2. The predicted octanol–water partition coefficient (Wildman–Crippen LogP) is 2.28. The number of hydrogen-bond acceptors (Lipinski definition) is 4. The van der Waals surface area contributed by atoms with Gasteiger partial charge in [-0.05, 0) is 63.5 Å². The first-order valence-electron chi connectivity index (χ1n) is 11.2. The number of likely N-dealkylation sites (N-methyl/N-ethyl adjacent to an activating group) is 1. The first-order chi connectivity index (χ1) is 14.8.